The van der Waals surface area contributed by atoms with E-state index in [1.165, 1.54) is 35.4 Å². The van der Waals surface area contributed by atoms with Crippen molar-refractivity contribution >= 4 is 46.6 Å². The van der Waals surface area contributed by atoms with E-state index in [4.69, 9.17) is 10.5 Å². The van der Waals surface area contributed by atoms with E-state index in [1.54, 1.807) is 68.4 Å². The van der Waals surface area contributed by atoms with E-state index >= 15 is 0 Å². The van der Waals surface area contributed by atoms with Crippen molar-refractivity contribution in [1.82, 2.24) is 9.47 Å². The van der Waals surface area contributed by atoms with E-state index in [9.17, 15) is 19.2 Å². The van der Waals surface area contributed by atoms with Crippen molar-refractivity contribution < 1.29 is 23.9 Å². The number of quaternary nitrogens is 1. The molecule has 0 fully saturated rings. The summed E-state index contributed by atoms with van der Waals surface area (Å²) in [5, 5.41) is 0. The zero-order valence-corrected chi connectivity index (χ0v) is 20.0. The van der Waals surface area contributed by atoms with Crippen LogP contribution < -0.4 is 24.8 Å². The van der Waals surface area contributed by atoms with Crippen LogP contribution in [-0.2, 0) is 9.59 Å². The van der Waals surface area contributed by atoms with Gasteiger partial charge in [0.25, 0.3) is 0 Å². The van der Waals surface area contributed by atoms with Crippen molar-refractivity contribution in [3.05, 3.63) is 79.5 Å². The molecular formula is C26H25N5O5+. The minimum absolute atomic E-state index is 0.0508. The number of nitrogens with zero attached hydrogens (tertiary/aromatic N) is 4. The molecule has 4 rings (SSSR count). The van der Waals surface area contributed by atoms with Gasteiger partial charge in [-0.1, -0.05) is 16.6 Å². The largest absolute Gasteiger partial charge is 0.497 e. The summed E-state index contributed by atoms with van der Waals surface area (Å²) in [6.45, 7) is 3.48. The molecule has 0 saturated heterocycles. The minimum Gasteiger partial charge on any atom is -0.497 e. The SMILES string of the molecule is COc1ccc(N(C(=O)[N+]2(C(N)=O)C(=O)[CH]C(=O)N(c3cccnc3)c3ccccc32)C(C)C)cc1. The maximum atomic E-state index is 14.3. The second-order valence-electron chi connectivity index (χ2n) is 8.31. The molecule has 6 amide bonds. The summed E-state index contributed by atoms with van der Waals surface area (Å²) >= 11 is 0. The van der Waals surface area contributed by atoms with Crippen molar-refractivity contribution in [1.29, 1.82) is 0 Å². The number of carbonyl (C=O) groups is 4. The number of benzene rings is 2. The molecule has 10 nitrogen and oxygen atoms in total. The summed E-state index contributed by atoms with van der Waals surface area (Å²) in [6.07, 6.45) is 3.70. The van der Waals surface area contributed by atoms with Crippen molar-refractivity contribution in [3.63, 3.8) is 0 Å². The molecule has 10 heteroatoms. The van der Waals surface area contributed by atoms with Gasteiger partial charge in [-0.3, -0.25) is 19.6 Å². The Balaban J connectivity index is 1.97. The first-order valence-electron chi connectivity index (χ1n) is 11.1. The van der Waals surface area contributed by atoms with Crippen LogP contribution in [0.2, 0.25) is 0 Å². The molecule has 2 aromatic carbocycles. The lowest BCUT2D eigenvalue weighted by Crippen LogP contribution is -2.69. The predicted molar refractivity (Wildman–Crippen MR) is 135 cm³/mol. The number of para-hydroxylation sites is 2. The number of hydrogen-bond donors (Lipinski definition) is 1. The number of imide groups is 3. The number of fused-ring (bicyclic) bond motifs is 1. The summed E-state index contributed by atoms with van der Waals surface area (Å²) in [5.41, 5.74) is 6.73. The van der Waals surface area contributed by atoms with Crippen LogP contribution in [0.5, 0.6) is 5.75 Å². The van der Waals surface area contributed by atoms with Gasteiger partial charge in [-0.15, -0.1) is 0 Å². The van der Waals surface area contributed by atoms with Crippen LogP contribution in [0, 0.1) is 6.42 Å². The number of pyridine rings is 1. The zero-order chi connectivity index (χ0) is 26.0. The van der Waals surface area contributed by atoms with Crippen LogP contribution in [-0.4, -0.2) is 42.0 Å². The lowest BCUT2D eigenvalue weighted by Gasteiger charge is -2.35. The molecule has 1 atom stereocenters. The number of carbonyl (C=O) groups excluding carboxylic acids is 4. The van der Waals surface area contributed by atoms with Gasteiger partial charge in [-0.05, 0) is 56.3 Å². The third-order valence-corrected chi connectivity index (χ3v) is 5.88. The Kier molecular flexibility index (Phi) is 6.54. The first-order chi connectivity index (χ1) is 17.2. The van der Waals surface area contributed by atoms with Crippen LogP contribution >= 0.6 is 0 Å². The fraction of sp³-hybridized carbons (Fsp3) is 0.154. The average Bonchev–Trinajstić information content (AvgIpc) is 2.96. The smallest absolute Gasteiger partial charge is 0.445 e. The normalized spacial score (nSPS) is 17.4. The molecule has 3 aromatic rings. The summed E-state index contributed by atoms with van der Waals surface area (Å²) in [7, 11) is 1.52. The highest BCUT2D eigenvalue weighted by atomic mass is 16.5. The minimum atomic E-state index is -1.54. The van der Waals surface area contributed by atoms with Gasteiger partial charge >= 0.3 is 18.0 Å². The lowest BCUT2D eigenvalue weighted by molar-refractivity contribution is -0.125. The monoisotopic (exact) mass is 487 g/mol. The topological polar surface area (TPSA) is 123 Å². The lowest BCUT2D eigenvalue weighted by atomic mass is 10.1. The molecule has 2 N–H and O–H groups in total. The van der Waals surface area contributed by atoms with E-state index in [-0.39, 0.29) is 11.4 Å². The standard InChI is InChI=1S/C26H24N5O5/c1-17(2)29(18-10-12-20(36-3)13-11-18)26(35)31(25(27)34)22-9-5-4-8-21(22)30(23(32)15-24(31)33)19-7-6-14-28-16-19/h4-17H,1-3H3,(H-,27,34)/p+1. The van der Waals surface area contributed by atoms with Crippen molar-refractivity contribution in [3.8, 4) is 5.75 Å². The molecule has 183 valence electrons. The van der Waals surface area contributed by atoms with Gasteiger partial charge in [0.2, 0.25) is 5.91 Å². The van der Waals surface area contributed by atoms with Crippen molar-refractivity contribution in [2.75, 3.05) is 16.9 Å². The van der Waals surface area contributed by atoms with E-state index in [2.05, 4.69) is 4.98 Å². The Morgan fingerprint density at radius 1 is 1.03 bits per heavy atom. The Morgan fingerprint density at radius 2 is 1.72 bits per heavy atom. The number of amides is 6. The molecule has 0 spiro atoms. The molecule has 2 heterocycles. The summed E-state index contributed by atoms with van der Waals surface area (Å²) < 4.78 is 3.66. The quantitative estimate of drug-likeness (QED) is 0.557. The predicted octanol–water partition coefficient (Wildman–Crippen LogP) is 3.92. The molecule has 1 aromatic heterocycles. The fourth-order valence-corrected chi connectivity index (χ4v) is 4.25. The van der Waals surface area contributed by atoms with Crippen LogP contribution in [0.1, 0.15) is 13.8 Å². The number of ether oxygens (including phenoxy) is 1. The molecule has 1 unspecified atom stereocenters. The first kappa shape index (κ1) is 24.6. The van der Waals surface area contributed by atoms with Crippen LogP contribution in [0.25, 0.3) is 0 Å². The highest BCUT2D eigenvalue weighted by Gasteiger charge is 2.60. The first-order valence-corrected chi connectivity index (χ1v) is 11.1. The number of primary amides is 1. The Labute approximate surface area is 208 Å². The van der Waals surface area contributed by atoms with Crippen LogP contribution in [0.15, 0.2) is 73.1 Å². The van der Waals surface area contributed by atoms with Crippen molar-refractivity contribution in [2.45, 2.75) is 19.9 Å². The van der Waals surface area contributed by atoms with Gasteiger partial charge in [-0.2, -0.15) is 0 Å². The summed E-state index contributed by atoms with van der Waals surface area (Å²) in [6, 6.07) is 13.4. The number of urea groups is 2. The third-order valence-electron chi connectivity index (χ3n) is 5.88. The number of aromatic nitrogens is 1. The Bertz CT molecular complexity index is 1330. The molecule has 1 radical (unpaired) electrons. The molecular weight excluding hydrogens is 462 g/mol. The molecule has 0 bridgehead atoms. The van der Waals surface area contributed by atoms with Crippen LogP contribution in [0.3, 0.4) is 0 Å². The summed E-state index contributed by atoms with van der Waals surface area (Å²) in [5.74, 6) is -1.25. The maximum absolute atomic E-state index is 14.3. The fourth-order valence-electron chi connectivity index (χ4n) is 4.25. The van der Waals surface area contributed by atoms with E-state index < -0.39 is 34.4 Å². The van der Waals surface area contributed by atoms with Gasteiger partial charge in [0.1, 0.15) is 11.4 Å². The Hall–Kier alpha value is -4.57. The Morgan fingerprint density at radius 3 is 2.31 bits per heavy atom. The van der Waals surface area contributed by atoms with Crippen molar-refractivity contribution in [2.24, 2.45) is 5.73 Å². The number of nitrogens with two attached hydrogens (primary N) is 1. The molecule has 0 aliphatic carbocycles. The molecule has 1 aliphatic rings. The molecule has 0 saturated carbocycles. The number of methoxy groups -OCH3 is 1. The van der Waals surface area contributed by atoms with Gasteiger partial charge in [0.05, 0.1) is 19.0 Å². The van der Waals surface area contributed by atoms with Gasteiger partial charge < -0.3 is 10.5 Å². The number of rotatable bonds is 4. The second-order valence-corrected chi connectivity index (χ2v) is 8.31. The zero-order valence-electron chi connectivity index (χ0n) is 20.0. The van der Waals surface area contributed by atoms with Gasteiger partial charge in [0, 0.05) is 24.0 Å². The van der Waals surface area contributed by atoms with E-state index in [1.807, 2.05) is 0 Å². The average molecular weight is 488 g/mol. The summed E-state index contributed by atoms with van der Waals surface area (Å²) in [4.78, 5) is 61.1. The van der Waals surface area contributed by atoms with Gasteiger partial charge in [0.15, 0.2) is 12.1 Å². The maximum Gasteiger partial charge on any atom is 0.445 e. The highest BCUT2D eigenvalue weighted by molar-refractivity contribution is 6.37. The molecule has 36 heavy (non-hydrogen) atoms. The van der Waals surface area contributed by atoms with E-state index in [0.29, 0.717) is 17.1 Å². The number of hydrogen-bond acceptors (Lipinski definition) is 6. The highest BCUT2D eigenvalue weighted by Crippen LogP contribution is 2.43. The third kappa shape index (κ3) is 3.87. The van der Waals surface area contributed by atoms with Gasteiger partial charge in [-0.25, -0.2) is 14.4 Å². The van der Waals surface area contributed by atoms with E-state index in [0.717, 1.165) is 6.42 Å². The number of anilines is 3. The second kappa shape index (κ2) is 9.59. The molecule has 1 aliphatic heterocycles. The van der Waals surface area contributed by atoms with Crippen LogP contribution in [0.4, 0.5) is 32.3 Å².